The number of anilines is 2. The summed E-state index contributed by atoms with van der Waals surface area (Å²) in [4.78, 5) is 2.28. The topological polar surface area (TPSA) is 47.0 Å². The Morgan fingerprint density at radius 2 is 1.77 bits per heavy atom. The van der Waals surface area contributed by atoms with Gasteiger partial charge in [-0.1, -0.05) is 23.9 Å². The third-order valence-electron chi connectivity index (χ3n) is 3.50. The van der Waals surface area contributed by atoms with Crippen molar-refractivity contribution in [2.24, 2.45) is 0 Å². The third-order valence-corrected chi connectivity index (χ3v) is 4.61. The van der Waals surface area contributed by atoms with Gasteiger partial charge in [-0.3, -0.25) is 0 Å². The van der Waals surface area contributed by atoms with Crippen molar-refractivity contribution in [3.8, 4) is 17.0 Å². The zero-order chi connectivity index (χ0) is 14.9. The van der Waals surface area contributed by atoms with Crippen LogP contribution >= 0.6 is 11.8 Å². The van der Waals surface area contributed by atoms with Gasteiger partial charge in [-0.25, -0.2) is 0 Å². The number of benzene rings is 2. The third kappa shape index (κ3) is 2.29. The summed E-state index contributed by atoms with van der Waals surface area (Å²) in [6.07, 6.45) is 0. The van der Waals surface area contributed by atoms with Gasteiger partial charge in [-0.2, -0.15) is 0 Å². The Balaban J connectivity index is 1.70. The van der Waals surface area contributed by atoms with Crippen molar-refractivity contribution in [2.75, 3.05) is 12.4 Å². The molecule has 0 bridgehead atoms. The highest BCUT2D eigenvalue weighted by Crippen LogP contribution is 2.43. The van der Waals surface area contributed by atoms with E-state index in [4.69, 9.17) is 4.74 Å². The first kappa shape index (κ1) is 13.2. The number of hydrogen-bond donors (Lipinski definition) is 1. The monoisotopic (exact) mass is 307 g/mol. The maximum atomic E-state index is 5.18. The van der Waals surface area contributed by atoms with Crippen LogP contribution in [-0.4, -0.2) is 17.3 Å². The molecule has 2 heterocycles. The predicted molar refractivity (Wildman–Crippen MR) is 87.9 cm³/mol. The van der Waals surface area contributed by atoms with Crippen LogP contribution in [0.2, 0.25) is 0 Å². The molecule has 0 saturated heterocycles. The molecule has 1 N–H and O–H groups in total. The van der Waals surface area contributed by atoms with Gasteiger partial charge in [-0.05, 0) is 42.5 Å². The molecule has 0 amide bonds. The number of aromatic nitrogens is 2. The molecule has 1 aliphatic heterocycles. The van der Waals surface area contributed by atoms with Gasteiger partial charge in [0.1, 0.15) is 5.75 Å². The lowest BCUT2D eigenvalue weighted by Gasteiger charge is -2.19. The second-order valence-corrected chi connectivity index (χ2v) is 5.98. The van der Waals surface area contributed by atoms with Gasteiger partial charge in [0, 0.05) is 10.5 Å². The average molecular weight is 307 g/mol. The van der Waals surface area contributed by atoms with Crippen LogP contribution < -0.4 is 10.1 Å². The Morgan fingerprint density at radius 3 is 2.59 bits per heavy atom. The zero-order valence-corrected chi connectivity index (χ0v) is 12.7. The number of rotatable bonds is 2. The Morgan fingerprint density at radius 1 is 0.955 bits per heavy atom. The number of nitrogens with zero attached hydrogens (tertiary/aromatic N) is 2. The van der Waals surface area contributed by atoms with Gasteiger partial charge in [0.25, 0.3) is 0 Å². The molecule has 108 valence electrons. The fourth-order valence-corrected chi connectivity index (χ4v) is 3.32. The molecule has 5 heteroatoms. The molecule has 0 saturated carbocycles. The van der Waals surface area contributed by atoms with E-state index in [0.29, 0.717) is 0 Å². The second kappa shape index (κ2) is 5.35. The molecule has 0 aliphatic carbocycles. The molecular weight excluding hydrogens is 294 g/mol. The summed E-state index contributed by atoms with van der Waals surface area (Å²) in [6.45, 7) is 0. The van der Waals surface area contributed by atoms with Crippen LogP contribution in [0, 0.1) is 0 Å². The van der Waals surface area contributed by atoms with Crippen molar-refractivity contribution in [2.45, 2.75) is 9.79 Å². The molecule has 4 nitrogen and oxygen atoms in total. The van der Waals surface area contributed by atoms with E-state index >= 15 is 0 Å². The normalized spacial score (nSPS) is 12.0. The van der Waals surface area contributed by atoms with Gasteiger partial charge >= 0.3 is 0 Å². The summed E-state index contributed by atoms with van der Waals surface area (Å²) in [6, 6.07) is 18.1. The maximum Gasteiger partial charge on any atom is 0.167 e. The number of hydrogen-bond acceptors (Lipinski definition) is 5. The van der Waals surface area contributed by atoms with Crippen molar-refractivity contribution in [3.63, 3.8) is 0 Å². The molecule has 0 radical (unpaired) electrons. The first-order valence-corrected chi connectivity index (χ1v) is 7.71. The predicted octanol–water partition coefficient (Wildman–Crippen LogP) is 4.36. The number of nitrogens with one attached hydrogen (secondary N) is 1. The molecule has 22 heavy (non-hydrogen) atoms. The fraction of sp³-hybridized carbons (Fsp3) is 0.0588. The van der Waals surface area contributed by atoms with E-state index in [9.17, 15) is 0 Å². The van der Waals surface area contributed by atoms with Crippen LogP contribution in [-0.2, 0) is 0 Å². The van der Waals surface area contributed by atoms with E-state index < -0.39 is 0 Å². The van der Waals surface area contributed by atoms with E-state index in [1.807, 2.05) is 42.5 Å². The lowest BCUT2D eigenvalue weighted by atomic mass is 10.1. The molecule has 1 aromatic heterocycles. The summed E-state index contributed by atoms with van der Waals surface area (Å²) in [5.74, 6) is 1.64. The number of ether oxygens (including phenoxy) is 1. The largest absolute Gasteiger partial charge is 0.497 e. The van der Waals surface area contributed by atoms with Crippen LogP contribution in [0.4, 0.5) is 11.5 Å². The summed E-state index contributed by atoms with van der Waals surface area (Å²) in [5.41, 5.74) is 2.96. The van der Waals surface area contributed by atoms with E-state index in [0.717, 1.165) is 33.4 Å². The van der Waals surface area contributed by atoms with Gasteiger partial charge in [0.15, 0.2) is 5.82 Å². The Bertz CT molecular complexity index is 834. The highest BCUT2D eigenvalue weighted by molar-refractivity contribution is 7.99. The summed E-state index contributed by atoms with van der Waals surface area (Å²) >= 11 is 1.71. The minimum Gasteiger partial charge on any atom is -0.497 e. The van der Waals surface area contributed by atoms with Gasteiger partial charge in [0.2, 0.25) is 0 Å². The van der Waals surface area contributed by atoms with Crippen LogP contribution in [0.25, 0.3) is 11.3 Å². The van der Waals surface area contributed by atoms with Crippen molar-refractivity contribution >= 4 is 23.3 Å². The van der Waals surface area contributed by atoms with Gasteiger partial charge in [0.05, 0.1) is 23.4 Å². The summed E-state index contributed by atoms with van der Waals surface area (Å²) in [5, 5.41) is 12.0. The number of para-hydroxylation sites is 1. The first-order valence-electron chi connectivity index (χ1n) is 6.89. The molecule has 0 atom stereocenters. The van der Waals surface area contributed by atoms with Crippen molar-refractivity contribution in [1.29, 1.82) is 0 Å². The Hall–Kier alpha value is -2.53. The number of fused-ring (bicyclic) bond motifs is 2. The number of methoxy groups -OCH3 is 1. The van der Waals surface area contributed by atoms with Crippen LogP contribution in [0.5, 0.6) is 5.75 Å². The van der Waals surface area contributed by atoms with Crippen LogP contribution in [0.3, 0.4) is 0 Å². The second-order valence-electron chi connectivity index (χ2n) is 4.89. The fourth-order valence-electron chi connectivity index (χ4n) is 2.35. The lowest BCUT2D eigenvalue weighted by molar-refractivity contribution is 0.415. The lowest BCUT2D eigenvalue weighted by Crippen LogP contribution is -2.04. The molecule has 2 aromatic carbocycles. The minimum atomic E-state index is 0.806. The van der Waals surface area contributed by atoms with Crippen molar-refractivity contribution in [3.05, 3.63) is 54.6 Å². The Labute approximate surface area is 132 Å². The molecule has 4 rings (SSSR count). The van der Waals surface area contributed by atoms with E-state index in [1.165, 1.54) is 4.90 Å². The minimum absolute atomic E-state index is 0.806. The van der Waals surface area contributed by atoms with E-state index in [2.05, 4.69) is 27.6 Å². The Kier molecular flexibility index (Phi) is 3.20. The highest BCUT2D eigenvalue weighted by atomic mass is 32.2. The summed E-state index contributed by atoms with van der Waals surface area (Å²) in [7, 11) is 1.66. The van der Waals surface area contributed by atoms with Crippen molar-refractivity contribution < 1.29 is 4.74 Å². The SMILES string of the molecule is COc1ccc(-c2cc3c(nn2)Nc2ccccc2S3)cc1. The average Bonchev–Trinajstić information content (AvgIpc) is 2.59. The summed E-state index contributed by atoms with van der Waals surface area (Å²) < 4.78 is 5.18. The van der Waals surface area contributed by atoms with E-state index in [1.54, 1.807) is 18.9 Å². The molecule has 0 spiro atoms. The van der Waals surface area contributed by atoms with Crippen LogP contribution in [0.1, 0.15) is 0 Å². The molecule has 0 unspecified atom stereocenters. The molecule has 1 aliphatic rings. The van der Waals surface area contributed by atoms with Gasteiger partial charge in [-0.15, -0.1) is 10.2 Å². The standard InChI is InChI=1S/C17H13N3OS/c1-21-12-8-6-11(7-9-12)14-10-16-17(20-19-14)18-13-4-2-3-5-15(13)22-16/h2-10H,1H3,(H,18,20). The van der Waals surface area contributed by atoms with Gasteiger partial charge < -0.3 is 10.1 Å². The first-order chi connectivity index (χ1) is 10.8. The highest BCUT2D eigenvalue weighted by Gasteiger charge is 2.17. The smallest absolute Gasteiger partial charge is 0.167 e. The molecular formula is C17H13N3OS. The molecule has 3 aromatic rings. The maximum absolute atomic E-state index is 5.18. The molecule has 0 fully saturated rings. The van der Waals surface area contributed by atoms with E-state index in [-0.39, 0.29) is 0 Å². The zero-order valence-electron chi connectivity index (χ0n) is 11.9. The quantitative estimate of drug-likeness (QED) is 0.596. The van der Waals surface area contributed by atoms with Crippen LogP contribution in [0.15, 0.2) is 64.4 Å². The van der Waals surface area contributed by atoms with Crippen molar-refractivity contribution in [1.82, 2.24) is 10.2 Å².